The lowest BCUT2D eigenvalue weighted by molar-refractivity contribution is -0.146. The molecule has 0 aromatic heterocycles. The monoisotopic (exact) mass is 331 g/mol. The third-order valence-corrected chi connectivity index (χ3v) is 4.38. The summed E-state index contributed by atoms with van der Waals surface area (Å²) in [6.45, 7) is 1.72. The van der Waals surface area contributed by atoms with Gasteiger partial charge in [-0.3, -0.25) is 20.7 Å². The molecule has 5 N–H and O–H groups in total. The van der Waals surface area contributed by atoms with E-state index in [0.717, 1.165) is 12.8 Å². The molecule has 0 aliphatic rings. The summed E-state index contributed by atoms with van der Waals surface area (Å²) in [5, 5.41) is 27.4. The predicted molar refractivity (Wildman–Crippen MR) is 90.1 cm³/mol. The summed E-state index contributed by atoms with van der Waals surface area (Å²) in [6.07, 6.45) is 4.94. The van der Waals surface area contributed by atoms with Crippen molar-refractivity contribution in [1.29, 1.82) is 0 Å². The molecule has 0 spiro atoms. The Kier molecular flexibility index (Phi) is 10.2. The fourth-order valence-electron chi connectivity index (χ4n) is 2.45. The minimum absolute atomic E-state index is 0.198. The van der Waals surface area contributed by atoms with Crippen LogP contribution in [0, 0.1) is 0 Å². The molecular weight excluding hydrogens is 298 g/mol. The molecule has 0 radical (unpaired) electrons. The highest BCUT2D eigenvalue weighted by Gasteiger charge is 2.34. The van der Waals surface area contributed by atoms with Crippen LogP contribution >= 0.6 is 0 Å². The van der Waals surface area contributed by atoms with Gasteiger partial charge in [0.1, 0.15) is 11.5 Å². The van der Waals surface area contributed by atoms with Crippen molar-refractivity contribution in [2.75, 3.05) is 21.1 Å². The van der Waals surface area contributed by atoms with Crippen LogP contribution in [0.5, 0.6) is 0 Å². The molecule has 0 heterocycles. The maximum atomic E-state index is 11.8. The Morgan fingerprint density at radius 2 is 1.35 bits per heavy atom. The fourth-order valence-corrected chi connectivity index (χ4v) is 2.45. The first-order chi connectivity index (χ1) is 10.7. The van der Waals surface area contributed by atoms with Crippen LogP contribution in [0.3, 0.4) is 0 Å². The van der Waals surface area contributed by atoms with E-state index in [-0.39, 0.29) is 5.78 Å². The van der Waals surface area contributed by atoms with Gasteiger partial charge in [-0.1, -0.05) is 0 Å². The van der Waals surface area contributed by atoms with Gasteiger partial charge in [-0.2, -0.15) is 0 Å². The third-order valence-electron chi connectivity index (χ3n) is 4.38. The van der Waals surface area contributed by atoms with Crippen molar-refractivity contribution in [2.45, 2.75) is 69.7 Å². The van der Waals surface area contributed by atoms with Gasteiger partial charge >= 0.3 is 5.97 Å². The fraction of sp³-hybridized carbons (Fsp3) is 0.875. The van der Waals surface area contributed by atoms with E-state index in [4.69, 9.17) is 0 Å². The molecule has 0 fully saturated rings. The van der Waals surface area contributed by atoms with Crippen molar-refractivity contribution in [3.63, 3.8) is 0 Å². The van der Waals surface area contributed by atoms with E-state index in [9.17, 15) is 19.8 Å². The second kappa shape index (κ2) is 10.7. The summed E-state index contributed by atoms with van der Waals surface area (Å²) < 4.78 is 0. The normalized spacial score (nSPS) is 14.5. The molecule has 7 nitrogen and oxygen atoms in total. The molecule has 0 saturated carbocycles. The predicted octanol–water partition coefficient (Wildman–Crippen LogP) is 0.824. The average molecular weight is 331 g/mol. The van der Waals surface area contributed by atoms with Crippen molar-refractivity contribution in [2.24, 2.45) is 0 Å². The van der Waals surface area contributed by atoms with E-state index in [0.29, 0.717) is 38.5 Å². The van der Waals surface area contributed by atoms with E-state index < -0.39 is 17.4 Å². The quantitative estimate of drug-likeness (QED) is 0.237. The van der Waals surface area contributed by atoms with E-state index in [1.807, 2.05) is 0 Å². The van der Waals surface area contributed by atoms with Gasteiger partial charge in [-0.25, -0.2) is 4.79 Å². The number of rotatable bonds is 14. The Hall–Kier alpha value is -1.02. The summed E-state index contributed by atoms with van der Waals surface area (Å²) in [6, 6.07) is 0. The number of Topliss-reactive ketones (excluding diaryl/α,β-unsaturated/α-hetero) is 1. The zero-order valence-electron chi connectivity index (χ0n) is 14.9. The Morgan fingerprint density at radius 3 is 1.74 bits per heavy atom. The summed E-state index contributed by atoms with van der Waals surface area (Å²) in [4.78, 5) is 23.1. The Bertz CT molecular complexity index is 368. The molecule has 0 aliphatic carbocycles. The van der Waals surface area contributed by atoms with E-state index in [1.54, 1.807) is 28.1 Å². The summed E-state index contributed by atoms with van der Waals surface area (Å²) >= 11 is 0. The number of nitrogens with one attached hydrogen (secondary N) is 3. The highest BCUT2D eigenvalue weighted by atomic mass is 16.4. The van der Waals surface area contributed by atoms with Crippen LogP contribution < -0.4 is 16.0 Å². The van der Waals surface area contributed by atoms with Crippen molar-refractivity contribution < 1.29 is 19.8 Å². The molecule has 0 bridgehead atoms. The number of carbonyl (C=O) groups excluding carboxylic acids is 1. The first-order valence-corrected chi connectivity index (χ1v) is 8.27. The molecular formula is C16H33N3O4. The number of unbranched alkanes of at least 4 members (excludes halogenated alkanes) is 2. The van der Waals surface area contributed by atoms with Crippen LogP contribution in [-0.2, 0) is 9.59 Å². The van der Waals surface area contributed by atoms with Gasteiger partial charge < -0.3 is 10.2 Å². The minimum atomic E-state index is -1.12. The molecule has 0 aromatic carbocycles. The second-order valence-electron chi connectivity index (χ2n) is 6.19. The molecule has 0 amide bonds. The lowest BCUT2D eigenvalue weighted by Gasteiger charge is -2.28. The summed E-state index contributed by atoms with van der Waals surface area (Å²) in [5.74, 6) is -0.741. The summed E-state index contributed by atoms with van der Waals surface area (Å²) in [5.41, 5.74) is -1.99. The topological polar surface area (TPSA) is 111 Å². The van der Waals surface area contributed by atoms with Crippen LogP contribution in [-0.4, -0.2) is 54.5 Å². The Labute approximate surface area is 139 Å². The van der Waals surface area contributed by atoms with Crippen LogP contribution in [0.4, 0.5) is 0 Å². The Morgan fingerprint density at radius 1 is 0.870 bits per heavy atom. The molecule has 136 valence electrons. The van der Waals surface area contributed by atoms with Gasteiger partial charge in [-0.15, -0.1) is 0 Å². The lowest BCUT2D eigenvalue weighted by Crippen LogP contribution is -2.59. The van der Waals surface area contributed by atoms with Gasteiger partial charge in [0, 0.05) is 12.8 Å². The lowest BCUT2D eigenvalue weighted by atomic mass is 9.99. The van der Waals surface area contributed by atoms with Crippen LogP contribution in [0.1, 0.15) is 58.3 Å². The minimum Gasteiger partial charge on any atom is -0.479 e. The van der Waals surface area contributed by atoms with Gasteiger partial charge in [-0.05, 0) is 66.6 Å². The number of carbonyl (C=O) groups is 2. The molecule has 0 aliphatic heterocycles. The molecule has 7 heteroatoms. The first kappa shape index (κ1) is 22.0. The van der Waals surface area contributed by atoms with Crippen molar-refractivity contribution in [1.82, 2.24) is 16.0 Å². The number of aliphatic carboxylic acids is 1. The SMILES string of the molecule is CNC(C)(O)CCCCC(=O)CCCCC(NC)(NC)C(=O)O. The van der Waals surface area contributed by atoms with Gasteiger partial charge in [0.25, 0.3) is 0 Å². The molecule has 23 heavy (non-hydrogen) atoms. The number of hydrogen-bond donors (Lipinski definition) is 5. The van der Waals surface area contributed by atoms with E-state index in [2.05, 4.69) is 16.0 Å². The van der Waals surface area contributed by atoms with Crippen LogP contribution in [0.25, 0.3) is 0 Å². The Balaban J connectivity index is 3.89. The van der Waals surface area contributed by atoms with Gasteiger partial charge in [0.15, 0.2) is 5.66 Å². The number of aliphatic hydroxyl groups is 1. The molecule has 1 atom stereocenters. The zero-order chi connectivity index (χ0) is 17.9. The third kappa shape index (κ3) is 8.41. The van der Waals surface area contributed by atoms with E-state index in [1.165, 1.54) is 0 Å². The number of carboxylic acid groups (broad SMARTS) is 1. The highest BCUT2D eigenvalue weighted by Crippen LogP contribution is 2.15. The van der Waals surface area contributed by atoms with Crippen molar-refractivity contribution >= 4 is 11.8 Å². The van der Waals surface area contributed by atoms with E-state index >= 15 is 0 Å². The smallest absolute Gasteiger partial charge is 0.338 e. The zero-order valence-corrected chi connectivity index (χ0v) is 14.9. The molecule has 0 rings (SSSR count). The van der Waals surface area contributed by atoms with Crippen molar-refractivity contribution in [3.8, 4) is 0 Å². The standard InChI is InChI=1S/C16H33N3O4/c1-15(23,17-2)11-7-5-9-13(20)10-6-8-12-16(18-3,19-4)14(21)22/h17-19,23H,5-12H2,1-4H3,(H,21,22). The number of hydrogen-bond acceptors (Lipinski definition) is 6. The number of likely N-dealkylation sites (N-methyl/N-ethyl adjacent to an activating group) is 2. The first-order valence-electron chi connectivity index (χ1n) is 8.27. The highest BCUT2D eigenvalue weighted by molar-refractivity contribution is 5.78. The molecule has 0 aromatic rings. The molecule has 0 saturated heterocycles. The number of ketones is 1. The number of carboxylic acids is 1. The molecule has 1 unspecified atom stereocenters. The largest absolute Gasteiger partial charge is 0.479 e. The maximum absolute atomic E-state index is 11.8. The van der Waals surface area contributed by atoms with Crippen molar-refractivity contribution in [3.05, 3.63) is 0 Å². The van der Waals surface area contributed by atoms with Crippen LogP contribution in [0.2, 0.25) is 0 Å². The summed E-state index contributed by atoms with van der Waals surface area (Å²) in [7, 11) is 4.92. The van der Waals surface area contributed by atoms with Crippen LogP contribution in [0.15, 0.2) is 0 Å². The van der Waals surface area contributed by atoms with Gasteiger partial charge in [0.2, 0.25) is 0 Å². The maximum Gasteiger partial charge on any atom is 0.338 e. The van der Waals surface area contributed by atoms with Gasteiger partial charge in [0.05, 0.1) is 0 Å². The second-order valence-corrected chi connectivity index (χ2v) is 6.19. The average Bonchev–Trinajstić information content (AvgIpc) is 2.52.